The molecule has 0 amide bonds. The number of halogens is 5. The average Bonchev–Trinajstić information content (AvgIpc) is 3.16. The Bertz CT molecular complexity index is 1070. The lowest BCUT2D eigenvalue weighted by Crippen LogP contribution is -2.28. The van der Waals surface area contributed by atoms with Crippen LogP contribution in [0.2, 0.25) is 0 Å². The smallest absolute Gasteiger partial charge is 0.370 e. The molecule has 2 aromatic rings. The Morgan fingerprint density at radius 2 is 1.91 bits per heavy atom. The van der Waals surface area contributed by atoms with Crippen LogP contribution in [-0.2, 0) is 22.8 Å². The van der Waals surface area contributed by atoms with Crippen molar-refractivity contribution in [3.05, 3.63) is 59.0 Å². The quantitative estimate of drug-likeness (QED) is 0.356. The molecule has 1 aliphatic heterocycles. The Morgan fingerprint density at radius 1 is 1.29 bits per heavy atom. The second-order valence-corrected chi connectivity index (χ2v) is 9.18. The molecule has 35 heavy (non-hydrogen) atoms. The van der Waals surface area contributed by atoms with E-state index >= 15 is 0 Å². The van der Waals surface area contributed by atoms with E-state index in [9.17, 15) is 22.0 Å². The number of piperidine rings is 1. The summed E-state index contributed by atoms with van der Waals surface area (Å²) in [5.74, 6) is -3.64. The van der Waals surface area contributed by atoms with E-state index in [0.717, 1.165) is 23.6 Å². The van der Waals surface area contributed by atoms with E-state index in [0.29, 0.717) is 31.5 Å². The summed E-state index contributed by atoms with van der Waals surface area (Å²) in [4.78, 5) is 9.95. The Labute approximate surface area is 202 Å². The monoisotopic (exact) mass is 496 g/mol. The SMILES string of the molecule is C#C.C=C(c1cc(C)ccc1CC(C)C(C)(F)F)N1CC2CC2(c2nocc2C(F)(F)F)C1.C=O. The van der Waals surface area contributed by atoms with Gasteiger partial charge >= 0.3 is 6.18 Å². The summed E-state index contributed by atoms with van der Waals surface area (Å²) in [6.07, 6.45) is 4.95. The molecule has 190 valence electrons. The molecule has 1 saturated heterocycles. The molecule has 3 atom stereocenters. The van der Waals surface area contributed by atoms with Gasteiger partial charge in [0.15, 0.2) is 0 Å². The summed E-state index contributed by atoms with van der Waals surface area (Å²) in [5.41, 5.74) is 1.58. The minimum absolute atomic E-state index is 0.0302. The predicted molar refractivity (Wildman–Crippen MR) is 124 cm³/mol. The predicted octanol–water partition coefficient (Wildman–Crippen LogP) is 6.14. The van der Waals surface area contributed by atoms with Gasteiger partial charge in [-0.15, -0.1) is 12.8 Å². The van der Waals surface area contributed by atoms with Crippen LogP contribution >= 0.6 is 0 Å². The van der Waals surface area contributed by atoms with E-state index in [1.807, 2.05) is 36.8 Å². The van der Waals surface area contributed by atoms with Crippen LogP contribution in [0.4, 0.5) is 22.0 Å². The fourth-order valence-electron chi connectivity index (χ4n) is 4.67. The van der Waals surface area contributed by atoms with Gasteiger partial charge < -0.3 is 14.2 Å². The lowest BCUT2D eigenvalue weighted by Gasteiger charge is -2.28. The first-order valence-corrected chi connectivity index (χ1v) is 10.9. The highest BCUT2D eigenvalue weighted by molar-refractivity contribution is 5.67. The van der Waals surface area contributed by atoms with Crippen molar-refractivity contribution in [2.24, 2.45) is 11.8 Å². The van der Waals surface area contributed by atoms with E-state index in [4.69, 9.17) is 4.79 Å². The Hall–Kier alpha value is -3.15. The van der Waals surface area contributed by atoms with Crippen LogP contribution in [0.25, 0.3) is 5.70 Å². The molecule has 2 aliphatic rings. The highest BCUT2D eigenvalue weighted by Gasteiger charge is 2.65. The van der Waals surface area contributed by atoms with Crippen LogP contribution in [0.15, 0.2) is 35.6 Å². The van der Waals surface area contributed by atoms with Crippen LogP contribution in [0.5, 0.6) is 0 Å². The van der Waals surface area contributed by atoms with E-state index in [2.05, 4.69) is 29.1 Å². The number of nitrogens with zero attached hydrogens (tertiary/aromatic N) is 2. The minimum Gasteiger partial charge on any atom is -0.370 e. The van der Waals surface area contributed by atoms with Gasteiger partial charge in [0.2, 0.25) is 5.92 Å². The van der Waals surface area contributed by atoms with Gasteiger partial charge in [-0.1, -0.05) is 36.4 Å². The van der Waals surface area contributed by atoms with Crippen LogP contribution in [0, 0.1) is 31.6 Å². The maximum Gasteiger partial charge on any atom is 0.421 e. The third-order valence-electron chi connectivity index (χ3n) is 6.84. The summed E-state index contributed by atoms with van der Waals surface area (Å²) < 4.78 is 72.3. The maximum atomic E-state index is 13.8. The van der Waals surface area contributed by atoms with Crippen molar-refractivity contribution >= 4 is 12.5 Å². The first-order valence-electron chi connectivity index (χ1n) is 10.9. The molecule has 9 heteroatoms. The summed E-state index contributed by atoms with van der Waals surface area (Å²) in [6.45, 7) is 11.4. The fourth-order valence-corrected chi connectivity index (χ4v) is 4.67. The van der Waals surface area contributed by atoms with Crippen molar-refractivity contribution in [1.29, 1.82) is 0 Å². The number of carbonyl (C=O) groups is 1. The number of hydrogen-bond acceptors (Lipinski definition) is 4. The van der Waals surface area contributed by atoms with Crippen molar-refractivity contribution < 1.29 is 31.3 Å². The highest BCUT2D eigenvalue weighted by Crippen LogP contribution is 2.61. The molecular weight excluding hydrogens is 467 g/mol. The van der Waals surface area contributed by atoms with Gasteiger partial charge in [0.25, 0.3) is 0 Å². The van der Waals surface area contributed by atoms with Crippen LogP contribution in [0.3, 0.4) is 0 Å². The van der Waals surface area contributed by atoms with Gasteiger partial charge in [-0.2, -0.15) is 13.2 Å². The van der Waals surface area contributed by atoms with E-state index in [1.165, 1.54) is 6.92 Å². The number of hydrogen-bond donors (Lipinski definition) is 0. The van der Waals surface area contributed by atoms with Gasteiger partial charge in [-0.05, 0) is 44.2 Å². The molecule has 2 fully saturated rings. The van der Waals surface area contributed by atoms with Gasteiger partial charge in [0, 0.05) is 35.7 Å². The molecule has 0 radical (unpaired) electrons. The van der Waals surface area contributed by atoms with E-state index in [1.54, 1.807) is 0 Å². The number of rotatable bonds is 6. The molecule has 4 rings (SSSR count). The van der Waals surface area contributed by atoms with Crippen LogP contribution < -0.4 is 0 Å². The lowest BCUT2D eigenvalue weighted by atomic mass is 9.91. The van der Waals surface area contributed by atoms with Gasteiger partial charge in [-0.3, -0.25) is 0 Å². The normalized spacial score (nSPS) is 21.7. The molecule has 3 unspecified atom stereocenters. The van der Waals surface area contributed by atoms with Crippen molar-refractivity contribution in [2.75, 3.05) is 13.1 Å². The number of likely N-dealkylation sites (tertiary alicyclic amines) is 1. The summed E-state index contributed by atoms with van der Waals surface area (Å²) in [5, 5.41) is 3.71. The fraction of sp³-hybridized carbons (Fsp3) is 0.462. The van der Waals surface area contributed by atoms with E-state index < -0.39 is 29.0 Å². The number of fused-ring (bicyclic) bond motifs is 1. The summed E-state index contributed by atoms with van der Waals surface area (Å²) in [6, 6.07) is 5.62. The maximum absolute atomic E-state index is 13.8. The molecule has 1 aromatic carbocycles. The number of benzene rings is 1. The molecule has 1 saturated carbocycles. The van der Waals surface area contributed by atoms with Gasteiger partial charge in [0.1, 0.15) is 24.3 Å². The zero-order valence-corrected chi connectivity index (χ0v) is 20.0. The Morgan fingerprint density at radius 3 is 2.49 bits per heavy atom. The second kappa shape index (κ2) is 10.2. The second-order valence-electron chi connectivity index (χ2n) is 9.18. The number of alkyl halides is 5. The van der Waals surface area contributed by atoms with Crippen LogP contribution in [0.1, 0.15) is 48.2 Å². The zero-order valence-electron chi connectivity index (χ0n) is 20.0. The lowest BCUT2D eigenvalue weighted by molar-refractivity contribution is -0.138. The number of terminal acetylenes is 1. The van der Waals surface area contributed by atoms with Gasteiger partial charge in [-0.25, -0.2) is 8.78 Å². The largest absolute Gasteiger partial charge is 0.421 e. The molecule has 1 aliphatic carbocycles. The van der Waals surface area contributed by atoms with E-state index in [-0.39, 0.29) is 18.0 Å². The number of aromatic nitrogens is 1. The Kier molecular flexibility index (Phi) is 8.21. The molecule has 0 N–H and O–H groups in total. The third-order valence-corrected chi connectivity index (χ3v) is 6.84. The summed E-state index contributed by atoms with van der Waals surface area (Å²) in [7, 11) is 0. The number of carbonyl (C=O) groups excluding carboxylic acids is 1. The standard InChI is InChI=1S/C23H25F5N2O.C2H2.CH2O/c1-13-5-6-16(8-14(2)21(4,24)25)18(7-13)15(3)30-10-17-9-22(17,12-30)20-19(11-31-29-20)23(26,27)28;2*1-2/h5-7,11,14,17H,3,8-10,12H2,1-2,4H3;1-2H;1H2. The molecule has 0 bridgehead atoms. The number of aryl methyl sites for hydroxylation is 1. The third kappa shape index (κ3) is 5.58. The first-order chi connectivity index (χ1) is 16.3. The highest BCUT2D eigenvalue weighted by atomic mass is 19.4. The first kappa shape index (κ1) is 28.1. The summed E-state index contributed by atoms with van der Waals surface area (Å²) >= 11 is 0. The molecule has 4 nitrogen and oxygen atoms in total. The molecule has 0 spiro atoms. The van der Waals surface area contributed by atoms with Crippen molar-refractivity contribution in [2.45, 2.75) is 51.1 Å². The van der Waals surface area contributed by atoms with Crippen molar-refractivity contribution in [3.63, 3.8) is 0 Å². The molecule has 1 aromatic heterocycles. The van der Waals surface area contributed by atoms with Gasteiger partial charge in [0.05, 0.1) is 0 Å². The topological polar surface area (TPSA) is 46.3 Å². The Balaban J connectivity index is 0.00000103. The van der Waals surface area contributed by atoms with Crippen LogP contribution in [-0.4, -0.2) is 35.9 Å². The molecule has 2 heterocycles. The van der Waals surface area contributed by atoms with Crippen molar-refractivity contribution in [3.8, 4) is 12.8 Å². The van der Waals surface area contributed by atoms with Crippen molar-refractivity contribution in [1.82, 2.24) is 10.1 Å². The minimum atomic E-state index is -4.52. The average molecular weight is 497 g/mol. The zero-order chi connectivity index (χ0) is 26.8. The molecular formula is C26H29F5N2O2.